The molecule has 3 rings (SSSR count). The van der Waals surface area contributed by atoms with Crippen LogP contribution in [0.2, 0.25) is 0 Å². The molecule has 0 N–H and O–H groups in total. The Kier molecular flexibility index (Phi) is 11.3. The van der Waals surface area contributed by atoms with E-state index in [0.29, 0.717) is 18.0 Å². The van der Waals surface area contributed by atoms with Gasteiger partial charge in [0.05, 0.1) is 11.7 Å². The molecule has 4 nitrogen and oxygen atoms in total. The van der Waals surface area contributed by atoms with Gasteiger partial charge in [-0.3, -0.25) is 0 Å². The van der Waals surface area contributed by atoms with E-state index in [0.717, 1.165) is 54.7 Å². The van der Waals surface area contributed by atoms with E-state index in [9.17, 15) is 4.39 Å². The van der Waals surface area contributed by atoms with Gasteiger partial charge in [0.15, 0.2) is 5.82 Å². The number of nitrogens with zero attached hydrogens (tertiary/aromatic N) is 2. The van der Waals surface area contributed by atoms with Crippen molar-refractivity contribution >= 4 is 6.08 Å². The van der Waals surface area contributed by atoms with Crippen molar-refractivity contribution in [2.24, 2.45) is 0 Å². The van der Waals surface area contributed by atoms with Gasteiger partial charge in [-0.15, -0.1) is 0 Å². The van der Waals surface area contributed by atoms with Crippen molar-refractivity contribution in [3.8, 4) is 28.3 Å². The van der Waals surface area contributed by atoms with Crippen LogP contribution in [0.5, 0.6) is 5.75 Å². The molecular formula is C31H37FN2O2. The summed E-state index contributed by atoms with van der Waals surface area (Å²) in [5.74, 6) is 0.808. The van der Waals surface area contributed by atoms with Crippen molar-refractivity contribution in [3.63, 3.8) is 0 Å². The van der Waals surface area contributed by atoms with Crippen LogP contribution in [0.15, 0.2) is 73.6 Å². The van der Waals surface area contributed by atoms with Gasteiger partial charge in [0, 0.05) is 24.6 Å². The zero-order chi connectivity index (χ0) is 25.6. The molecule has 0 aliphatic heterocycles. The number of halogens is 1. The van der Waals surface area contributed by atoms with Gasteiger partial charge in [0.2, 0.25) is 0 Å². The molecular weight excluding hydrogens is 451 g/mol. The van der Waals surface area contributed by atoms with E-state index in [4.69, 9.17) is 9.47 Å². The first-order chi connectivity index (χ1) is 17.6. The number of aromatic nitrogens is 2. The molecule has 3 aromatic rings. The van der Waals surface area contributed by atoms with Crippen LogP contribution in [0.3, 0.4) is 0 Å². The number of hydrogen-bond donors (Lipinski definition) is 0. The van der Waals surface area contributed by atoms with Crippen LogP contribution >= 0.6 is 0 Å². The maximum Gasteiger partial charge on any atom is 0.162 e. The van der Waals surface area contributed by atoms with E-state index in [-0.39, 0.29) is 11.9 Å². The molecule has 0 radical (unpaired) electrons. The van der Waals surface area contributed by atoms with Gasteiger partial charge in [-0.25, -0.2) is 14.4 Å². The molecule has 1 aromatic heterocycles. The Morgan fingerprint density at radius 1 is 1.00 bits per heavy atom. The zero-order valence-electron chi connectivity index (χ0n) is 21.5. The molecule has 36 heavy (non-hydrogen) atoms. The Morgan fingerprint density at radius 2 is 1.78 bits per heavy atom. The van der Waals surface area contributed by atoms with E-state index < -0.39 is 0 Å². The molecule has 190 valence electrons. The van der Waals surface area contributed by atoms with Crippen molar-refractivity contribution < 1.29 is 13.9 Å². The molecule has 5 heteroatoms. The van der Waals surface area contributed by atoms with Crippen molar-refractivity contribution in [1.29, 1.82) is 0 Å². The lowest BCUT2D eigenvalue weighted by molar-refractivity contribution is 0.0566. The summed E-state index contributed by atoms with van der Waals surface area (Å²) >= 11 is 0. The molecule has 0 fully saturated rings. The third-order valence-corrected chi connectivity index (χ3v) is 5.88. The third-order valence-electron chi connectivity index (χ3n) is 5.88. The average molecular weight is 489 g/mol. The molecule has 1 unspecified atom stereocenters. The summed E-state index contributed by atoms with van der Waals surface area (Å²) in [6.45, 7) is 9.29. The van der Waals surface area contributed by atoms with Crippen LogP contribution in [0.25, 0.3) is 28.6 Å². The summed E-state index contributed by atoms with van der Waals surface area (Å²) in [6, 6.07) is 12.8. The number of rotatable bonds is 15. The lowest BCUT2D eigenvalue weighted by Crippen LogP contribution is -2.08. The van der Waals surface area contributed by atoms with Crippen LogP contribution in [-0.2, 0) is 4.74 Å². The smallest absolute Gasteiger partial charge is 0.162 e. The van der Waals surface area contributed by atoms with Gasteiger partial charge >= 0.3 is 0 Å². The third kappa shape index (κ3) is 8.72. The van der Waals surface area contributed by atoms with E-state index >= 15 is 0 Å². The summed E-state index contributed by atoms with van der Waals surface area (Å²) in [6.07, 6.45) is 16.1. The predicted octanol–water partition coefficient (Wildman–Crippen LogP) is 8.29. The Morgan fingerprint density at radius 3 is 2.47 bits per heavy atom. The minimum absolute atomic E-state index is 0.286. The fourth-order valence-electron chi connectivity index (χ4n) is 3.79. The quantitative estimate of drug-likeness (QED) is 0.159. The molecule has 0 saturated heterocycles. The monoisotopic (exact) mass is 488 g/mol. The average Bonchev–Trinajstić information content (AvgIpc) is 2.90. The summed E-state index contributed by atoms with van der Waals surface area (Å²) in [4.78, 5) is 8.79. The number of unbranched alkanes of at least 4 members (excludes halogenated alkanes) is 3. The second-order valence-electron chi connectivity index (χ2n) is 8.88. The summed E-state index contributed by atoms with van der Waals surface area (Å²) < 4.78 is 26.2. The zero-order valence-corrected chi connectivity index (χ0v) is 21.5. The standard InChI is InChI=1S/C31H37FN2O2/c1-4-6-10-20-35-24(3)11-8-7-9-12-25-13-18-29(30(32)21-25)31-33-22-27(23-34-31)26-14-16-28(17-15-26)36-19-5-2/h5,9,12-18,21-24H,2,4,6-8,10-11,19-20H2,1,3H3/b12-9+. The predicted molar refractivity (Wildman–Crippen MR) is 146 cm³/mol. The van der Waals surface area contributed by atoms with E-state index in [1.54, 1.807) is 24.5 Å². The second-order valence-corrected chi connectivity index (χ2v) is 8.88. The molecule has 1 atom stereocenters. The highest BCUT2D eigenvalue weighted by atomic mass is 19.1. The van der Waals surface area contributed by atoms with Crippen LogP contribution in [-0.4, -0.2) is 29.3 Å². The SMILES string of the molecule is C=CCOc1ccc(-c2cnc(-c3ccc(/C=C/CCCC(C)OCCCCC)cc3F)nc2)cc1. The van der Waals surface area contributed by atoms with Crippen LogP contribution < -0.4 is 4.74 Å². The highest BCUT2D eigenvalue weighted by Crippen LogP contribution is 2.25. The fourth-order valence-corrected chi connectivity index (χ4v) is 3.79. The van der Waals surface area contributed by atoms with Crippen molar-refractivity contribution in [3.05, 3.63) is 85.0 Å². The van der Waals surface area contributed by atoms with Gasteiger partial charge in [-0.1, -0.05) is 62.8 Å². The molecule has 0 bridgehead atoms. The van der Waals surface area contributed by atoms with E-state index in [1.165, 1.54) is 18.9 Å². The largest absolute Gasteiger partial charge is 0.490 e. The van der Waals surface area contributed by atoms with Crippen molar-refractivity contribution in [1.82, 2.24) is 9.97 Å². The van der Waals surface area contributed by atoms with Gasteiger partial charge in [-0.05, 0) is 68.0 Å². The molecule has 0 saturated carbocycles. The highest BCUT2D eigenvalue weighted by molar-refractivity contribution is 5.65. The Hall–Kier alpha value is -3.31. The summed E-state index contributed by atoms with van der Waals surface area (Å²) in [7, 11) is 0. The van der Waals surface area contributed by atoms with Gasteiger partial charge in [0.1, 0.15) is 18.2 Å². The topological polar surface area (TPSA) is 44.2 Å². The first-order valence-corrected chi connectivity index (χ1v) is 12.8. The second kappa shape index (κ2) is 14.9. The fraction of sp³-hybridized carbons (Fsp3) is 0.355. The normalized spacial score (nSPS) is 12.1. The Balaban J connectivity index is 1.51. The van der Waals surface area contributed by atoms with Gasteiger partial charge in [0.25, 0.3) is 0 Å². The lowest BCUT2D eigenvalue weighted by Gasteiger charge is -2.12. The summed E-state index contributed by atoms with van der Waals surface area (Å²) in [5.41, 5.74) is 3.04. The molecule has 2 aromatic carbocycles. The van der Waals surface area contributed by atoms with Gasteiger partial charge < -0.3 is 9.47 Å². The maximum atomic E-state index is 14.8. The highest BCUT2D eigenvalue weighted by Gasteiger charge is 2.09. The number of benzene rings is 2. The van der Waals surface area contributed by atoms with Crippen molar-refractivity contribution in [2.45, 2.75) is 58.5 Å². The minimum Gasteiger partial charge on any atom is -0.490 e. The van der Waals surface area contributed by atoms with E-state index in [1.807, 2.05) is 36.4 Å². The molecule has 0 aliphatic carbocycles. The van der Waals surface area contributed by atoms with Crippen LogP contribution in [0, 0.1) is 5.82 Å². The first-order valence-electron chi connectivity index (χ1n) is 12.8. The molecule has 0 amide bonds. The van der Waals surface area contributed by atoms with Crippen LogP contribution in [0.4, 0.5) is 4.39 Å². The summed E-state index contributed by atoms with van der Waals surface area (Å²) in [5, 5.41) is 0. The molecule has 1 heterocycles. The molecule has 0 aliphatic rings. The van der Waals surface area contributed by atoms with Crippen LogP contribution in [0.1, 0.15) is 57.9 Å². The van der Waals surface area contributed by atoms with Gasteiger partial charge in [-0.2, -0.15) is 0 Å². The number of hydrogen-bond acceptors (Lipinski definition) is 4. The number of allylic oxidation sites excluding steroid dienone is 1. The molecule has 0 spiro atoms. The first kappa shape index (κ1) is 27.3. The maximum absolute atomic E-state index is 14.8. The Labute approximate surface area is 214 Å². The Bertz CT molecular complexity index is 1090. The van der Waals surface area contributed by atoms with E-state index in [2.05, 4.69) is 36.5 Å². The minimum atomic E-state index is -0.331. The lowest BCUT2D eigenvalue weighted by atomic mass is 10.1. The van der Waals surface area contributed by atoms with Crippen molar-refractivity contribution in [2.75, 3.05) is 13.2 Å². The number of ether oxygens (including phenoxy) is 2.